The fourth-order valence-corrected chi connectivity index (χ4v) is 10.5. The Hall–Kier alpha value is -8.32. The molecule has 0 heterocycles. The minimum absolute atomic E-state index is 1.13. The van der Waals surface area contributed by atoms with Gasteiger partial charge in [-0.05, 0) is 171 Å². The molecule has 0 aliphatic rings. The predicted molar refractivity (Wildman–Crippen MR) is 306 cm³/mol. The first-order valence-electron chi connectivity index (χ1n) is 24.4. The molecule has 0 aromatic heterocycles. The van der Waals surface area contributed by atoms with Crippen LogP contribution in [0, 0.1) is 0 Å². The van der Waals surface area contributed by atoms with Gasteiger partial charge in [0.15, 0.2) is 0 Å². The second kappa shape index (κ2) is 19.5. The predicted octanol–water partition coefficient (Wildman–Crippen LogP) is 20.5. The molecule has 11 rings (SSSR count). The minimum atomic E-state index is 1.13. The Bertz CT molecular complexity index is 3760. The number of rotatable bonds is 9. The van der Waals surface area contributed by atoms with Crippen LogP contribution in [0.25, 0.3) is 127 Å². The van der Waals surface area contributed by atoms with Crippen molar-refractivity contribution in [3.63, 3.8) is 0 Å². The van der Waals surface area contributed by atoms with Crippen LogP contribution in [0.4, 0.5) is 0 Å². The van der Waals surface area contributed by atoms with Crippen molar-refractivity contribution in [2.75, 3.05) is 0 Å². The summed E-state index contributed by atoms with van der Waals surface area (Å²) in [4.78, 5) is 0. The van der Waals surface area contributed by atoms with Gasteiger partial charge in [0.05, 0.1) is 0 Å². The van der Waals surface area contributed by atoms with Crippen LogP contribution in [0.1, 0.15) is 51.3 Å². The second-order valence-corrected chi connectivity index (χ2v) is 17.4. The average Bonchev–Trinajstić information content (AvgIpc) is 3.41. The van der Waals surface area contributed by atoms with Gasteiger partial charge in [-0.15, -0.1) is 0 Å². The van der Waals surface area contributed by atoms with Gasteiger partial charge >= 0.3 is 0 Å². The van der Waals surface area contributed by atoms with Crippen LogP contribution in [0.3, 0.4) is 0 Å². The summed E-state index contributed by atoms with van der Waals surface area (Å²) in [5.41, 5.74) is 17.0. The van der Waals surface area contributed by atoms with Crippen molar-refractivity contribution in [1.82, 2.24) is 0 Å². The zero-order valence-electron chi connectivity index (χ0n) is 40.2. The van der Waals surface area contributed by atoms with Crippen molar-refractivity contribution in [2.45, 2.75) is 34.6 Å². The van der Waals surface area contributed by atoms with Gasteiger partial charge < -0.3 is 0 Å². The molecule has 0 fully saturated rings. The topological polar surface area (TPSA) is 0 Å². The van der Waals surface area contributed by atoms with Gasteiger partial charge in [-0.2, -0.15) is 0 Å². The number of benzene rings is 11. The van der Waals surface area contributed by atoms with E-state index in [1.54, 1.807) is 0 Å². The molecule has 0 aliphatic heterocycles. The van der Waals surface area contributed by atoms with Crippen molar-refractivity contribution in [3.05, 3.63) is 248 Å². The fraction of sp³-hybridized carbons (Fsp3) is 0.0725. The molecule has 69 heavy (non-hydrogen) atoms. The monoisotopic (exact) mass is 884 g/mol. The maximum absolute atomic E-state index is 4.11. The smallest absolute Gasteiger partial charge is 0.00259 e. The summed E-state index contributed by atoms with van der Waals surface area (Å²) in [6, 6.07) is 74.3. The third-order valence-corrected chi connectivity index (χ3v) is 13.6. The molecule has 0 aliphatic carbocycles. The summed E-state index contributed by atoms with van der Waals surface area (Å²) >= 11 is 0. The lowest BCUT2D eigenvalue weighted by Gasteiger charge is -2.19. The van der Waals surface area contributed by atoms with Crippen LogP contribution in [0.15, 0.2) is 231 Å². The standard InChI is InChI=1S/C67H50.C2H6/c1-5-17-45(8-4)64-56-21-11-13-23-58(56)65(59-24-14-12-22-57(59)64)50-35-32-48(33-36-50)47-28-30-49(31-29-47)53-39-40-62-63(43-53)67(55-38-34-46-19-9-10-20-52(46)42-55)61-26-16-15-25-60(61)66(62)54-37-27-44(7-3)51(41-54)18-6-2;1-2/h5-43H,3H2,1-2,4H3;1-2H3/b17-5-,18-6-,45-8+;. The van der Waals surface area contributed by atoms with E-state index in [0.717, 1.165) is 11.1 Å². The molecular weight excluding hydrogens is 829 g/mol. The third-order valence-electron chi connectivity index (χ3n) is 13.6. The number of hydrogen-bond donors (Lipinski definition) is 0. The second-order valence-electron chi connectivity index (χ2n) is 17.4. The van der Waals surface area contributed by atoms with E-state index in [0.29, 0.717) is 0 Å². The zero-order chi connectivity index (χ0) is 47.4. The Labute approximate surface area is 407 Å². The summed E-state index contributed by atoms with van der Waals surface area (Å²) < 4.78 is 0. The highest BCUT2D eigenvalue weighted by molar-refractivity contribution is 6.23. The molecule has 0 amide bonds. The van der Waals surface area contributed by atoms with Gasteiger partial charge in [0, 0.05) is 0 Å². The quantitative estimate of drug-likeness (QED) is 0.100. The van der Waals surface area contributed by atoms with E-state index in [-0.39, 0.29) is 0 Å². The van der Waals surface area contributed by atoms with Crippen molar-refractivity contribution < 1.29 is 0 Å². The summed E-state index contributed by atoms with van der Waals surface area (Å²) in [7, 11) is 0. The highest BCUT2D eigenvalue weighted by atomic mass is 14.2. The first-order valence-corrected chi connectivity index (χ1v) is 24.4. The Morgan fingerprint density at radius 1 is 0.348 bits per heavy atom. The minimum Gasteiger partial charge on any atom is -0.0984 e. The van der Waals surface area contributed by atoms with E-state index in [4.69, 9.17) is 0 Å². The van der Waals surface area contributed by atoms with Gasteiger partial charge in [0.2, 0.25) is 0 Å². The van der Waals surface area contributed by atoms with Crippen LogP contribution in [0.5, 0.6) is 0 Å². The molecule has 0 radical (unpaired) electrons. The van der Waals surface area contributed by atoms with Gasteiger partial charge in [0.25, 0.3) is 0 Å². The fourth-order valence-electron chi connectivity index (χ4n) is 10.5. The van der Waals surface area contributed by atoms with Crippen LogP contribution >= 0.6 is 0 Å². The van der Waals surface area contributed by atoms with E-state index in [2.05, 4.69) is 258 Å². The molecule has 0 unspecified atom stereocenters. The molecule has 0 N–H and O–H groups in total. The molecule has 0 atom stereocenters. The molecule has 11 aromatic carbocycles. The average molecular weight is 885 g/mol. The highest BCUT2D eigenvalue weighted by Crippen LogP contribution is 2.47. The van der Waals surface area contributed by atoms with Crippen molar-refractivity contribution >= 4 is 71.6 Å². The molecule has 11 aromatic rings. The maximum atomic E-state index is 4.11. The first kappa shape index (κ1) is 44.5. The van der Waals surface area contributed by atoms with Gasteiger partial charge in [0.1, 0.15) is 0 Å². The summed E-state index contributed by atoms with van der Waals surface area (Å²) in [6.45, 7) is 14.4. The summed E-state index contributed by atoms with van der Waals surface area (Å²) in [6.07, 6.45) is 12.8. The normalized spacial score (nSPS) is 11.9. The lowest BCUT2D eigenvalue weighted by atomic mass is 9.84. The van der Waals surface area contributed by atoms with Crippen LogP contribution in [-0.4, -0.2) is 0 Å². The SMILES string of the molecule is C=Cc1ccc(-c2c3ccccc3c(-c3ccc4ccccc4c3)c3cc(-c4ccc(-c5ccc(-c6c7ccccc7c(C(/C=C\C)=C/C)c7ccccc67)cc5)cc4)ccc23)cc1/C=C\C.CC. The Kier molecular flexibility index (Phi) is 12.6. The van der Waals surface area contributed by atoms with E-state index >= 15 is 0 Å². The molecular formula is C69H56. The van der Waals surface area contributed by atoms with Crippen molar-refractivity contribution in [2.24, 2.45) is 0 Å². The van der Waals surface area contributed by atoms with Gasteiger partial charge in [-0.25, -0.2) is 0 Å². The van der Waals surface area contributed by atoms with E-state index in [9.17, 15) is 0 Å². The first-order chi connectivity index (χ1) is 34.1. The number of fused-ring (bicyclic) bond motifs is 5. The molecule has 0 saturated heterocycles. The lowest BCUT2D eigenvalue weighted by molar-refractivity contribution is 1.50. The third kappa shape index (κ3) is 8.09. The summed E-state index contributed by atoms with van der Waals surface area (Å²) in [5.74, 6) is 0. The zero-order valence-corrected chi connectivity index (χ0v) is 40.2. The highest BCUT2D eigenvalue weighted by Gasteiger charge is 2.20. The lowest BCUT2D eigenvalue weighted by Crippen LogP contribution is -1.93. The number of allylic oxidation sites excluding steroid dienone is 5. The Morgan fingerprint density at radius 3 is 1.35 bits per heavy atom. The number of hydrogen-bond acceptors (Lipinski definition) is 0. The summed E-state index contributed by atoms with van der Waals surface area (Å²) in [5, 5.41) is 12.5. The van der Waals surface area contributed by atoms with Gasteiger partial charge in [-0.1, -0.05) is 239 Å². The Balaban J connectivity index is 0.00000273. The van der Waals surface area contributed by atoms with Crippen molar-refractivity contribution in [3.8, 4) is 55.6 Å². The van der Waals surface area contributed by atoms with Crippen LogP contribution in [-0.2, 0) is 0 Å². The van der Waals surface area contributed by atoms with E-state index in [1.165, 1.54) is 121 Å². The van der Waals surface area contributed by atoms with Gasteiger partial charge in [-0.3, -0.25) is 0 Å². The van der Waals surface area contributed by atoms with E-state index < -0.39 is 0 Å². The molecule has 0 heteroatoms. The maximum Gasteiger partial charge on any atom is -0.00259 e. The Morgan fingerprint density at radius 2 is 0.783 bits per heavy atom. The van der Waals surface area contributed by atoms with E-state index in [1.807, 2.05) is 19.9 Å². The van der Waals surface area contributed by atoms with Crippen LogP contribution < -0.4 is 0 Å². The van der Waals surface area contributed by atoms with Crippen LogP contribution in [0.2, 0.25) is 0 Å². The molecule has 0 saturated carbocycles. The largest absolute Gasteiger partial charge is 0.0984 e. The van der Waals surface area contributed by atoms with Crippen molar-refractivity contribution in [1.29, 1.82) is 0 Å². The molecule has 332 valence electrons. The molecule has 0 spiro atoms. The molecule has 0 bridgehead atoms. The molecule has 0 nitrogen and oxygen atoms in total.